The summed E-state index contributed by atoms with van der Waals surface area (Å²) in [4.78, 5) is 11.1. The molecule has 0 fully saturated rings. The van der Waals surface area contributed by atoms with Crippen LogP contribution >= 0.6 is 0 Å². The molecule has 1 aromatic rings. The van der Waals surface area contributed by atoms with Crippen molar-refractivity contribution < 1.29 is 9.53 Å². The van der Waals surface area contributed by atoms with Gasteiger partial charge in [-0.1, -0.05) is 13.8 Å². The standard InChI is InChI=1S/C13H19NO2/c1-5-10-7-12(16-13(15)14-4)8-11(6-2)9(10)3/h7-8H,5-6H2,1-4H3,(H,14,15). The van der Waals surface area contributed by atoms with Gasteiger partial charge in [0.1, 0.15) is 5.75 Å². The third-order valence-corrected chi connectivity index (χ3v) is 2.77. The molecule has 0 aliphatic rings. The second-order valence-corrected chi connectivity index (χ2v) is 3.71. The second-order valence-electron chi connectivity index (χ2n) is 3.71. The number of ether oxygens (including phenoxy) is 1. The van der Waals surface area contributed by atoms with Gasteiger partial charge in [0.25, 0.3) is 0 Å². The Morgan fingerprint density at radius 3 is 2.12 bits per heavy atom. The molecule has 1 aromatic carbocycles. The second kappa shape index (κ2) is 5.54. The Morgan fingerprint density at radius 1 is 1.25 bits per heavy atom. The molecule has 0 unspecified atom stereocenters. The Labute approximate surface area is 96.8 Å². The van der Waals surface area contributed by atoms with Gasteiger partial charge in [-0.05, 0) is 48.6 Å². The summed E-state index contributed by atoms with van der Waals surface area (Å²) in [6.07, 6.45) is 1.47. The van der Waals surface area contributed by atoms with Crippen molar-refractivity contribution in [2.75, 3.05) is 7.05 Å². The minimum Gasteiger partial charge on any atom is -0.410 e. The number of aryl methyl sites for hydroxylation is 2. The highest BCUT2D eigenvalue weighted by Gasteiger charge is 2.08. The largest absolute Gasteiger partial charge is 0.412 e. The molecule has 3 nitrogen and oxygen atoms in total. The molecule has 0 atom stereocenters. The first-order chi connectivity index (χ1) is 7.62. The summed E-state index contributed by atoms with van der Waals surface area (Å²) in [5, 5.41) is 2.44. The lowest BCUT2D eigenvalue weighted by Gasteiger charge is -2.12. The normalized spacial score (nSPS) is 10.0. The van der Waals surface area contributed by atoms with Gasteiger partial charge in [-0.2, -0.15) is 0 Å². The van der Waals surface area contributed by atoms with Crippen LogP contribution < -0.4 is 10.1 Å². The molecule has 0 spiro atoms. The summed E-state index contributed by atoms with van der Waals surface area (Å²) in [6.45, 7) is 6.32. The van der Waals surface area contributed by atoms with Crippen molar-refractivity contribution in [2.45, 2.75) is 33.6 Å². The zero-order valence-corrected chi connectivity index (χ0v) is 10.4. The lowest BCUT2D eigenvalue weighted by Crippen LogP contribution is -2.22. The molecule has 16 heavy (non-hydrogen) atoms. The highest BCUT2D eigenvalue weighted by Crippen LogP contribution is 2.23. The van der Waals surface area contributed by atoms with Gasteiger partial charge in [0.05, 0.1) is 0 Å². The maximum absolute atomic E-state index is 11.1. The number of benzene rings is 1. The summed E-state index contributed by atoms with van der Waals surface area (Å²) in [5.41, 5.74) is 3.77. The first kappa shape index (κ1) is 12.6. The van der Waals surface area contributed by atoms with Gasteiger partial charge in [0.2, 0.25) is 0 Å². The number of hydrogen-bond donors (Lipinski definition) is 1. The zero-order valence-electron chi connectivity index (χ0n) is 10.4. The fraction of sp³-hybridized carbons (Fsp3) is 0.462. The fourth-order valence-corrected chi connectivity index (χ4v) is 1.76. The first-order valence-electron chi connectivity index (χ1n) is 5.64. The van der Waals surface area contributed by atoms with Gasteiger partial charge < -0.3 is 10.1 Å². The SMILES string of the molecule is CCc1cc(OC(=O)NC)cc(CC)c1C. The van der Waals surface area contributed by atoms with Gasteiger partial charge in [-0.3, -0.25) is 0 Å². The molecule has 88 valence electrons. The summed E-state index contributed by atoms with van der Waals surface area (Å²) in [7, 11) is 1.55. The van der Waals surface area contributed by atoms with E-state index in [-0.39, 0.29) is 0 Å². The van der Waals surface area contributed by atoms with Crippen LogP contribution in [0.3, 0.4) is 0 Å². The van der Waals surface area contributed by atoms with Crippen LogP contribution in [0.2, 0.25) is 0 Å². The Bertz CT molecular complexity index is 361. The highest BCUT2D eigenvalue weighted by atomic mass is 16.5. The average molecular weight is 221 g/mol. The summed E-state index contributed by atoms with van der Waals surface area (Å²) < 4.78 is 5.15. The van der Waals surface area contributed by atoms with Crippen molar-refractivity contribution in [3.05, 3.63) is 28.8 Å². The van der Waals surface area contributed by atoms with Crippen molar-refractivity contribution in [3.8, 4) is 5.75 Å². The Balaban J connectivity index is 3.06. The Kier molecular flexibility index (Phi) is 4.35. The minimum atomic E-state index is -0.423. The van der Waals surface area contributed by atoms with E-state index in [1.54, 1.807) is 7.05 Å². The minimum absolute atomic E-state index is 0.423. The molecular weight excluding hydrogens is 202 g/mol. The monoisotopic (exact) mass is 221 g/mol. The van der Waals surface area contributed by atoms with E-state index in [1.807, 2.05) is 12.1 Å². The van der Waals surface area contributed by atoms with E-state index < -0.39 is 6.09 Å². The van der Waals surface area contributed by atoms with Crippen molar-refractivity contribution >= 4 is 6.09 Å². The fourth-order valence-electron chi connectivity index (χ4n) is 1.76. The molecule has 0 bridgehead atoms. The molecule has 0 saturated heterocycles. The molecular formula is C13H19NO2. The molecule has 0 saturated carbocycles. The number of nitrogens with one attached hydrogen (secondary N) is 1. The van der Waals surface area contributed by atoms with E-state index >= 15 is 0 Å². The van der Waals surface area contributed by atoms with E-state index in [0.29, 0.717) is 5.75 Å². The number of rotatable bonds is 3. The van der Waals surface area contributed by atoms with Crippen LogP contribution in [0, 0.1) is 6.92 Å². The van der Waals surface area contributed by atoms with Gasteiger partial charge in [0.15, 0.2) is 0 Å². The van der Waals surface area contributed by atoms with Crippen LogP contribution in [-0.2, 0) is 12.8 Å². The number of carbonyl (C=O) groups is 1. The first-order valence-corrected chi connectivity index (χ1v) is 5.64. The van der Waals surface area contributed by atoms with Crippen molar-refractivity contribution in [1.82, 2.24) is 5.32 Å². The van der Waals surface area contributed by atoms with E-state index in [9.17, 15) is 4.79 Å². The van der Waals surface area contributed by atoms with E-state index in [4.69, 9.17) is 4.74 Å². The average Bonchev–Trinajstić information content (AvgIpc) is 2.30. The smallest absolute Gasteiger partial charge is 0.410 e. The summed E-state index contributed by atoms with van der Waals surface area (Å²) in [5.74, 6) is 0.624. The zero-order chi connectivity index (χ0) is 12.1. The van der Waals surface area contributed by atoms with Crippen LogP contribution in [-0.4, -0.2) is 13.1 Å². The van der Waals surface area contributed by atoms with E-state index in [2.05, 4.69) is 26.1 Å². The molecule has 1 N–H and O–H groups in total. The summed E-state index contributed by atoms with van der Waals surface area (Å²) in [6, 6.07) is 3.87. The Hall–Kier alpha value is -1.51. The third-order valence-electron chi connectivity index (χ3n) is 2.77. The van der Waals surface area contributed by atoms with Crippen LogP contribution in [0.4, 0.5) is 4.79 Å². The predicted octanol–water partition coefficient (Wildman–Crippen LogP) is 2.84. The van der Waals surface area contributed by atoms with Gasteiger partial charge in [-0.15, -0.1) is 0 Å². The van der Waals surface area contributed by atoms with Crippen LogP contribution in [0.1, 0.15) is 30.5 Å². The topological polar surface area (TPSA) is 38.3 Å². The van der Waals surface area contributed by atoms with E-state index in [0.717, 1.165) is 12.8 Å². The van der Waals surface area contributed by atoms with Gasteiger partial charge >= 0.3 is 6.09 Å². The van der Waals surface area contributed by atoms with Crippen LogP contribution in [0.25, 0.3) is 0 Å². The lowest BCUT2D eigenvalue weighted by molar-refractivity contribution is 0.203. The molecule has 0 aromatic heterocycles. The number of carbonyl (C=O) groups excluding carboxylic acids is 1. The maximum Gasteiger partial charge on any atom is 0.412 e. The van der Waals surface area contributed by atoms with Crippen molar-refractivity contribution in [2.24, 2.45) is 0 Å². The van der Waals surface area contributed by atoms with E-state index in [1.165, 1.54) is 16.7 Å². The number of hydrogen-bond acceptors (Lipinski definition) is 2. The predicted molar refractivity (Wildman–Crippen MR) is 65.0 cm³/mol. The molecule has 0 aliphatic heterocycles. The van der Waals surface area contributed by atoms with Crippen LogP contribution in [0.5, 0.6) is 5.75 Å². The highest BCUT2D eigenvalue weighted by molar-refractivity contribution is 5.70. The quantitative estimate of drug-likeness (QED) is 0.852. The molecule has 3 heteroatoms. The summed E-state index contributed by atoms with van der Waals surface area (Å²) >= 11 is 0. The maximum atomic E-state index is 11.1. The Morgan fingerprint density at radius 2 is 1.75 bits per heavy atom. The van der Waals surface area contributed by atoms with Crippen molar-refractivity contribution in [3.63, 3.8) is 0 Å². The van der Waals surface area contributed by atoms with Crippen LogP contribution in [0.15, 0.2) is 12.1 Å². The van der Waals surface area contributed by atoms with Gasteiger partial charge in [0, 0.05) is 7.05 Å². The third kappa shape index (κ3) is 2.75. The van der Waals surface area contributed by atoms with Crippen molar-refractivity contribution in [1.29, 1.82) is 0 Å². The number of amides is 1. The lowest BCUT2D eigenvalue weighted by atomic mass is 9.98. The molecule has 0 heterocycles. The van der Waals surface area contributed by atoms with Gasteiger partial charge in [-0.25, -0.2) is 4.79 Å². The molecule has 0 aliphatic carbocycles. The molecule has 1 rings (SSSR count). The molecule has 0 radical (unpaired) electrons. The molecule has 1 amide bonds.